The molecule has 1 unspecified atom stereocenters. The molecule has 1 aliphatic carbocycles. The van der Waals surface area contributed by atoms with Crippen molar-refractivity contribution in [3.63, 3.8) is 0 Å². The SMILES string of the molecule is COC(=O)C1=C(C)NC2=C(C(=O)c3ccccc32)C1c1ccc(Br)cc1. The number of carbonyl (C=O) groups is 2. The first-order valence-corrected chi connectivity index (χ1v) is 9.02. The van der Waals surface area contributed by atoms with E-state index in [9.17, 15) is 9.59 Å². The van der Waals surface area contributed by atoms with Crippen LogP contribution >= 0.6 is 15.9 Å². The van der Waals surface area contributed by atoms with Gasteiger partial charge in [0.15, 0.2) is 5.78 Å². The maximum atomic E-state index is 13.2. The topological polar surface area (TPSA) is 55.4 Å². The Kier molecular flexibility index (Phi) is 4.04. The van der Waals surface area contributed by atoms with E-state index in [1.807, 2.05) is 55.5 Å². The Hall–Kier alpha value is -2.66. The lowest BCUT2D eigenvalue weighted by Crippen LogP contribution is -2.29. The van der Waals surface area contributed by atoms with E-state index in [4.69, 9.17) is 4.74 Å². The summed E-state index contributed by atoms with van der Waals surface area (Å²) >= 11 is 3.44. The second kappa shape index (κ2) is 6.25. The van der Waals surface area contributed by atoms with Crippen molar-refractivity contribution < 1.29 is 14.3 Å². The first-order valence-electron chi connectivity index (χ1n) is 8.22. The molecule has 26 heavy (non-hydrogen) atoms. The van der Waals surface area contributed by atoms with Crippen LogP contribution in [0.3, 0.4) is 0 Å². The van der Waals surface area contributed by atoms with Gasteiger partial charge in [-0.25, -0.2) is 4.79 Å². The first kappa shape index (κ1) is 16.8. The average Bonchev–Trinajstić information content (AvgIpc) is 2.93. The van der Waals surface area contributed by atoms with Gasteiger partial charge in [-0.05, 0) is 24.6 Å². The van der Waals surface area contributed by atoms with Crippen LogP contribution in [0.25, 0.3) is 5.70 Å². The van der Waals surface area contributed by atoms with E-state index in [-0.39, 0.29) is 5.78 Å². The van der Waals surface area contributed by atoms with E-state index in [2.05, 4.69) is 21.2 Å². The van der Waals surface area contributed by atoms with Crippen molar-refractivity contribution in [3.05, 3.63) is 86.5 Å². The van der Waals surface area contributed by atoms with Crippen LogP contribution in [0, 0.1) is 0 Å². The lowest BCUT2D eigenvalue weighted by Gasteiger charge is -2.29. The van der Waals surface area contributed by atoms with Gasteiger partial charge in [0, 0.05) is 32.8 Å². The standard InChI is InChI=1S/C21H16BrNO3/c1-11-16(21(25)26-2)17(12-7-9-13(22)10-8-12)18-19(23-11)14-5-3-4-6-15(14)20(18)24/h3-10,17,23H,1-2H3. The molecule has 0 amide bonds. The molecule has 0 fully saturated rings. The normalized spacial score (nSPS) is 18.4. The highest BCUT2D eigenvalue weighted by molar-refractivity contribution is 9.10. The molecule has 130 valence electrons. The molecule has 1 N–H and O–H groups in total. The Morgan fingerprint density at radius 3 is 2.38 bits per heavy atom. The van der Waals surface area contributed by atoms with Crippen molar-refractivity contribution in [2.75, 3.05) is 7.11 Å². The third kappa shape index (κ3) is 2.42. The summed E-state index contributed by atoms with van der Waals surface area (Å²) in [4.78, 5) is 25.7. The number of esters is 1. The molecule has 2 aromatic rings. The van der Waals surface area contributed by atoms with Gasteiger partial charge in [-0.3, -0.25) is 4.79 Å². The Balaban J connectivity index is 1.95. The predicted molar refractivity (Wildman–Crippen MR) is 102 cm³/mol. The number of nitrogens with one attached hydrogen (secondary N) is 1. The second-order valence-corrected chi connectivity index (χ2v) is 7.22. The number of rotatable bonds is 2. The first-order chi connectivity index (χ1) is 12.5. The van der Waals surface area contributed by atoms with Crippen molar-refractivity contribution in [3.8, 4) is 0 Å². The Morgan fingerprint density at radius 1 is 1.08 bits per heavy atom. The zero-order chi connectivity index (χ0) is 18.4. The van der Waals surface area contributed by atoms with Gasteiger partial charge < -0.3 is 10.1 Å². The van der Waals surface area contributed by atoms with Gasteiger partial charge in [0.25, 0.3) is 0 Å². The Labute approximate surface area is 159 Å². The van der Waals surface area contributed by atoms with Crippen molar-refractivity contribution >= 4 is 33.4 Å². The molecule has 0 radical (unpaired) electrons. The summed E-state index contributed by atoms with van der Waals surface area (Å²) in [6.07, 6.45) is 0. The summed E-state index contributed by atoms with van der Waals surface area (Å²) in [7, 11) is 1.36. The number of carbonyl (C=O) groups excluding carboxylic acids is 2. The molecular formula is C21H16BrNO3. The molecule has 0 aromatic heterocycles. The molecule has 4 rings (SSSR count). The number of hydrogen-bond donors (Lipinski definition) is 1. The molecule has 2 aromatic carbocycles. The van der Waals surface area contributed by atoms with Crippen molar-refractivity contribution in [2.24, 2.45) is 0 Å². The molecule has 4 nitrogen and oxygen atoms in total. The number of dihydropyridines is 1. The van der Waals surface area contributed by atoms with E-state index < -0.39 is 11.9 Å². The van der Waals surface area contributed by atoms with Crippen LogP contribution in [-0.4, -0.2) is 18.9 Å². The highest BCUT2D eigenvalue weighted by Gasteiger charge is 2.42. The van der Waals surface area contributed by atoms with E-state index in [1.54, 1.807) is 0 Å². The van der Waals surface area contributed by atoms with Crippen LogP contribution in [0.4, 0.5) is 0 Å². The number of allylic oxidation sites excluding steroid dienone is 2. The molecule has 0 saturated heterocycles. The monoisotopic (exact) mass is 409 g/mol. The molecule has 0 spiro atoms. The van der Waals surface area contributed by atoms with E-state index in [0.717, 1.165) is 21.3 Å². The lowest BCUT2D eigenvalue weighted by molar-refractivity contribution is -0.136. The van der Waals surface area contributed by atoms with Crippen LogP contribution in [0.15, 0.2) is 69.8 Å². The lowest BCUT2D eigenvalue weighted by atomic mass is 9.80. The van der Waals surface area contributed by atoms with E-state index >= 15 is 0 Å². The zero-order valence-corrected chi connectivity index (χ0v) is 15.9. The Bertz CT molecular complexity index is 1000. The van der Waals surface area contributed by atoms with Gasteiger partial charge in [-0.2, -0.15) is 0 Å². The highest BCUT2D eigenvalue weighted by atomic mass is 79.9. The van der Waals surface area contributed by atoms with Gasteiger partial charge in [0.1, 0.15) is 0 Å². The number of Topliss-reactive ketones (excluding diaryl/α,β-unsaturated/α-hetero) is 1. The summed E-state index contributed by atoms with van der Waals surface area (Å²) in [5.41, 5.74) is 4.96. The van der Waals surface area contributed by atoms with Crippen LogP contribution in [-0.2, 0) is 9.53 Å². The van der Waals surface area contributed by atoms with Crippen LogP contribution in [0.1, 0.15) is 34.3 Å². The zero-order valence-electron chi connectivity index (χ0n) is 14.3. The summed E-state index contributed by atoms with van der Waals surface area (Å²) in [6, 6.07) is 15.2. The summed E-state index contributed by atoms with van der Waals surface area (Å²) in [5, 5.41) is 3.27. The minimum absolute atomic E-state index is 0.0510. The molecule has 0 bridgehead atoms. The molecule has 0 saturated carbocycles. The van der Waals surface area contributed by atoms with E-state index in [0.29, 0.717) is 22.4 Å². The number of ketones is 1. The third-order valence-corrected chi connectivity index (χ3v) is 5.39. The molecule has 1 atom stereocenters. The van der Waals surface area contributed by atoms with Gasteiger partial charge >= 0.3 is 5.97 Å². The molecule has 1 aliphatic heterocycles. The Morgan fingerprint density at radius 2 is 1.73 bits per heavy atom. The van der Waals surface area contributed by atoms with Crippen LogP contribution in [0.5, 0.6) is 0 Å². The summed E-state index contributed by atoms with van der Waals surface area (Å²) < 4.78 is 5.95. The quantitative estimate of drug-likeness (QED) is 0.755. The van der Waals surface area contributed by atoms with Crippen molar-refractivity contribution in [1.29, 1.82) is 0 Å². The number of ether oxygens (including phenoxy) is 1. The maximum absolute atomic E-state index is 13.2. The maximum Gasteiger partial charge on any atom is 0.336 e. The summed E-state index contributed by atoms with van der Waals surface area (Å²) in [5.74, 6) is -0.949. The second-order valence-electron chi connectivity index (χ2n) is 6.30. The smallest absolute Gasteiger partial charge is 0.336 e. The minimum atomic E-state index is -0.466. The fourth-order valence-electron chi connectivity index (χ4n) is 3.70. The average molecular weight is 410 g/mol. The van der Waals surface area contributed by atoms with Crippen LogP contribution < -0.4 is 5.32 Å². The minimum Gasteiger partial charge on any atom is -0.466 e. The van der Waals surface area contributed by atoms with Crippen molar-refractivity contribution in [1.82, 2.24) is 5.32 Å². The number of halogens is 1. The van der Waals surface area contributed by atoms with Gasteiger partial charge in [0.2, 0.25) is 0 Å². The molecular weight excluding hydrogens is 394 g/mol. The molecule has 5 heteroatoms. The number of benzene rings is 2. The fraction of sp³-hybridized carbons (Fsp3) is 0.143. The van der Waals surface area contributed by atoms with Gasteiger partial charge in [-0.1, -0.05) is 52.3 Å². The predicted octanol–water partition coefficient (Wildman–Crippen LogP) is 4.19. The number of hydrogen-bond acceptors (Lipinski definition) is 4. The van der Waals surface area contributed by atoms with Crippen LogP contribution in [0.2, 0.25) is 0 Å². The molecule has 2 aliphatic rings. The van der Waals surface area contributed by atoms with E-state index in [1.165, 1.54) is 7.11 Å². The highest BCUT2D eigenvalue weighted by Crippen LogP contribution is 2.46. The molecule has 1 heterocycles. The number of fused-ring (bicyclic) bond motifs is 2. The largest absolute Gasteiger partial charge is 0.466 e. The third-order valence-electron chi connectivity index (χ3n) is 4.86. The number of methoxy groups -OCH3 is 1. The van der Waals surface area contributed by atoms with Crippen molar-refractivity contribution in [2.45, 2.75) is 12.8 Å². The van der Waals surface area contributed by atoms with Gasteiger partial charge in [-0.15, -0.1) is 0 Å². The fourth-order valence-corrected chi connectivity index (χ4v) is 3.96. The van der Waals surface area contributed by atoms with Gasteiger partial charge in [0.05, 0.1) is 18.4 Å². The summed E-state index contributed by atoms with van der Waals surface area (Å²) in [6.45, 7) is 1.84.